The van der Waals surface area contributed by atoms with Crippen molar-refractivity contribution < 1.29 is 19.0 Å². The lowest BCUT2D eigenvalue weighted by atomic mass is 10.1. The van der Waals surface area contributed by atoms with E-state index in [9.17, 15) is 14.3 Å². The van der Waals surface area contributed by atoms with Gasteiger partial charge >= 0.3 is 5.97 Å². The predicted molar refractivity (Wildman–Crippen MR) is 55.9 cm³/mol. The Morgan fingerprint density at radius 1 is 1.50 bits per heavy atom. The molecule has 1 aromatic heterocycles. The maximum atomic E-state index is 13.1. The average molecular weight is 223 g/mol. The first kappa shape index (κ1) is 10.5. The molecule has 0 aliphatic carbocycles. The SMILES string of the molecule is COC(=O)c1c(O)n(C)c2ccc(F)cc12. The number of rotatable bonds is 1. The van der Waals surface area contributed by atoms with Gasteiger partial charge < -0.3 is 14.4 Å². The number of carbonyl (C=O) groups excluding carboxylic acids is 1. The van der Waals surface area contributed by atoms with Gasteiger partial charge in [0, 0.05) is 12.4 Å². The molecule has 0 radical (unpaired) electrons. The van der Waals surface area contributed by atoms with Crippen LogP contribution in [0.1, 0.15) is 10.4 Å². The molecule has 5 heteroatoms. The number of nitrogens with zero attached hydrogens (tertiary/aromatic N) is 1. The van der Waals surface area contributed by atoms with Crippen molar-refractivity contribution in [2.45, 2.75) is 0 Å². The van der Waals surface area contributed by atoms with Gasteiger partial charge in [0.2, 0.25) is 5.88 Å². The number of aryl methyl sites for hydroxylation is 1. The molecule has 0 atom stereocenters. The molecule has 1 aromatic carbocycles. The van der Waals surface area contributed by atoms with E-state index >= 15 is 0 Å². The Hall–Kier alpha value is -2.04. The normalized spacial score (nSPS) is 10.7. The number of halogens is 1. The van der Waals surface area contributed by atoms with Gasteiger partial charge in [-0.3, -0.25) is 0 Å². The molecule has 0 bridgehead atoms. The van der Waals surface area contributed by atoms with E-state index in [-0.39, 0.29) is 11.4 Å². The van der Waals surface area contributed by atoms with Gasteiger partial charge in [-0.2, -0.15) is 0 Å². The van der Waals surface area contributed by atoms with Crippen LogP contribution in [-0.2, 0) is 11.8 Å². The van der Waals surface area contributed by atoms with Gasteiger partial charge in [0.05, 0.1) is 12.6 Å². The summed E-state index contributed by atoms with van der Waals surface area (Å²) in [5.41, 5.74) is 0.554. The third-order valence-electron chi connectivity index (χ3n) is 2.52. The summed E-state index contributed by atoms with van der Waals surface area (Å²) in [6.07, 6.45) is 0. The highest BCUT2D eigenvalue weighted by atomic mass is 19.1. The molecule has 1 heterocycles. The van der Waals surface area contributed by atoms with Crippen LogP contribution >= 0.6 is 0 Å². The van der Waals surface area contributed by atoms with E-state index in [0.29, 0.717) is 10.9 Å². The lowest BCUT2D eigenvalue weighted by Gasteiger charge is -1.98. The molecule has 0 unspecified atom stereocenters. The highest BCUT2D eigenvalue weighted by Crippen LogP contribution is 2.31. The number of fused-ring (bicyclic) bond motifs is 1. The molecule has 0 fully saturated rings. The van der Waals surface area contributed by atoms with Gasteiger partial charge in [0.15, 0.2) is 0 Å². The molecule has 0 spiro atoms. The fourth-order valence-electron chi connectivity index (χ4n) is 1.71. The zero-order valence-electron chi connectivity index (χ0n) is 8.82. The minimum atomic E-state index is -0.686. The highest BCUT2D eigenvalue weighted by Gasteiger charge is 2.21. The van der Waals surface area contributed by atoms with Crippen LogP contribution in [0.5, 0.6) is 5.88 Å². The Kier molecular flexibility index (Phi) is 2.30. The Labute approximate surface area is 90.9 Å². The van der Waals surface area contributed by atoms with Crippen LogP contribution in [0.4, 0.5) is 4.39 Å². The van der Waals surface area contributed by atoms with Crippen LogP contribution in [0.25, 0.3) is 10.9 Å². The fourth-order valence-corrected chi connectivity index (χ4v) is 1.71. The zero-order chi connectivity index (χ0) is 11.9. The van der Waals surface area contributed by atoms with Crippen molar-refractivity contribution in [3.8, 4) is 5.88 Å². The summed E-state index contributed by atoms with van der Waals surface area (Å²) >= 11 is 0. The van der Waals surface area contributed by atoms with Crippen molar-refractivity contribution >= 4 is 16.9 Å². The van der Waals surface area contributed by atoms with Crippen molar-refractivity contribution in [3.63, 3.8) is 0 Å². The first-order valence-electron chi connectivity index (χ1n) is 4.61. The van der Waals surface area contributed by atoms with Gasteiger partial charge in [-0.1, -0.05) is 0 Å². The third kappa shape index (κ3) is 1.32. The molecule has 4 nitrogen and oxygen atoms in total. The number of hydrogen-bond donors (Lipinski definition) is 1. The number of carbonyl (C=O) groups is 1. The number of hydrogen-bond acceptors (Lipinski definition) is 3. The maximum Gasteiger partial charge on any atom is 0.344 e. The Balaban J connectivity index is 2.85. The second-order valence-corrected chi connectivity index (χ2v) is 3.41. The molecule has 2 aromatic rings. The number of esters is 1. The van der Waals surface area contributed by atoms with E-state index in [4.69, 9.17) is 0 Å². The molecular weight excluding hydrogens is 213 g/mol. The van der Waals surface area contributed by atoms with E-state index < -0.39 is 11.8 Å². The molecule has 1 N–H and O–H groups in total. The quantitative estimate of drug-likeness (QED) is 0.750. The average Bonchev–Trinajstić information content (AvgIpc) is 2.51. The van der Waals surface area contributed by atoms with Crippen LogP contribution in [0.2, 0.25) is 0 Å². The lowest BCUT2D eigenvalue weighted by molar-refractivity contribution is 0.0599. The number of aromatic hydroxyl groups is 1. The smallest absolute Gasteiger partial charge is 0.344 e. The largest absolute Gasteiger partial charge is 0.494 e. The zero-order valence-corrected chi connectivity index (χ0v) is 8.82. The summed E-state index contributed by atoms with van der Waals surface area (Å²) in [6, 6.07) is 3.96. The monoisotopic (exact) mass is 223 g/mol. The van der Waals surface area contributed by atoms with Gasteiger partial charge in [-0.05, 0) is 18.2 Å². The lowest BCUT2D eigenvalue weighted by Crippen LogP contribution is -2.00. The summed E-state index contributed by atoms with van der Waals surface area (Å²) in [6.45, 7) is 0. The topological polar surface area (TPSA) is 51.5 Å². The van der Waals surface area contributed by atoms with Crippen molar-refractivity contribution in [1.82, 2.24) is 4.57 Å². The standard InChI is InChI=1S/C11H10FNO3/c1-13-8-4-3-6(12)5-7(8)9(10(13)14)11(15)16-2/h3-5,14H,1-2H3. The molecule has 0 saturated heterocycles. The molecule has 0 amide bonds. The fraction of sp³-hybridized carbons (Fsp3) is 0.182. The summed E-state index contributed by atoms with van der Waals surface area (Å²) in [5.74, 6) is -1.38. The van der Waals surface area contributed by atoms with E-state index in [1.54, 1.807) is 7.05 Å². The van der Waals surface area contributed by atoms with Crippen molar-refractivity contribution in [3.05, 3.63) is 29.6 Å². The van der Waals surface area contributed by atoms with E-state index in [1.807, 2.05) is 0 Å². The molecule has 0 saturated carbocycles. The molecule has 84 valence electrons. The molecule has 2 rings (SSSR count). The number of ether oxygens (including phenoxy) is 1. The van der Waals surface area contributed by atoms with Crippen LogP contribution in [-0.4, -0.2) is 22.8 Å². The van der Waals surface area contributed by atoms with Gasteiger partial charge in [0.1, 0.15) is 11.4 Å². The van der Waals surface area contributed by atoms with Crippen molar-refractivity contribution in [1.29, 1.82) is 0 Å². The minimum absolute atomic E-state index is 0.0144. The first-order chi connectivity index (χ1) is 7.56. The first-order valence-corrected chi connectivity index (χ1v) is 4.61. The van der Waals surface area contributed by atoms with Crippen LogP contribution in [0, 0.1) is 5.82 Å². The second-order valence-electron chi connectivity index (χ2n) is 3.41. The molecule has 0 aliphatic rings. The minimum Gasteiger partial charge on any atom is -0.494 e. The number of benzene rings is 1. The van der Waals surface area contributed by atoms with Crippen LogP contribution < -0.4 is 0 Å². The molecular formula is C11H10FNO3. The Morgan fingerprint density at radius 3 is 2.81 bits per heavy atom. The summed E-state index contributed by atoms with van der Waals surface area (Å²) in [5, 5.41) is 10.1. The molecule has 0 aliphatic heterocycles. The highest BCUT2D eigenvalue weighted by molar-refractivity contribution is 6.07. The van der Waals surface area contributed by atoms with Crippen LogP contribution in [0.3, 0.4) is 0 Å². The van der Waals surface area contributed by atoms with Gasteiger partial charge in [0.25, 0.3) is 0 Å². The Morgan fingerprint density at radius 2 is 2.19 bits per heavy atom. The summed E-state index contributed by atoms with van der Waals surface area (Å²) in [4.78, 5) is 11.5. The summed E-state index contributed by atoms with van der Waals surface area (Å²) < 4.78 is 19.0. The van der Waals surface area contributed by atoms with E-state index in [2.05, 4.69) is 4.74 Å². The predicted octanol–water partition coefficient (Wildman–Crippen LogP) is 1.81. The molecule has 16 heavy (non-hydrogen) atoms. The Bertz CT molecular complexity index is 574. The summed E-state index contributed by atoms with van der Waals surface area (Å²) in [7, 11) is 2.79. The van der Waals surface area contributed by atoms with Gasteiger partial charge in [-0.15, -0.1) is 0 Å². The van der Waals surface area contributed by atoms with E-state index in [1.165, 1.54) is 29.9 Å². The van der Waals surface area contributed by atoms with Gasteiger partial charge in [-0.25, -0.2) is 9.18 Å². The number of aromatic nitrogens is 1. The number of methoxy groups -OCH3 is 1. The second kappa shape index (κ2) is 3.52. The van der Waals surface area contributed by atoms with Crippen molar-refractivity contribution in [2.75, 3.05) is 7.11 Å². The van der Waals surface area contributed by atoms with Crippen LogP contribution in [0.15, 0.2) is 18.2 Å². The maximum absolute atomic E-state index is 13.1. The third-order valence-corrected chi connectivity index (χ3v) is 2.52. The van der Waals surface area contributed by atoms with Crippen molar-refractivity contribution in [2.24, 2.45) is 7.05 Å². The van der Waals surface area contributed by atoms with E-state index in [0.717, 1.165) is 0 Å².